The largest absolute Gasteiger partial charge is 0.369 e. The van der Waals surface area contributed by atoms with Crippen molar-refractivity contribution in [3.05, 3.63) is 28.8 Å². The average Bonchev–Trinajstić information content (AvgIpc) is 2.57. The van der Waals surface area contributed by atoms with E-state index in [0.29, 0.717) is 0 Å². The zero-order valence-electron chi connectivity index (χ0n) is 15.1. The number of imide groups is 1. The lowest BCUT2D eigenvalue weighted by Gasteiger charge is -2.36. The number of rotatable bonds is 5. The number of amides is 3. The van der Waals surface area contributed by atoms with Gasteiger partial charge in [-0.25, -0.2) is 4.79 Å². The number of hydrogen-bond acceptors (Lipinski definition) is 4. The van der Waals surface area contributed by atoms with Crippen LogP contribution in [0.2, 0.25) is 5.02 Å². The Balaban J connectivity index is 1.79. The first-order valence-electron chi connectivity index (χ1n) is 8.72. The van der Waals surface area contributed by atoms with Crippen LogP contribution in [0, 0.1) is 6.92 Å². The Bertz CT molecular complexity index is 615. The molecule has 0 bridgehead atoms. The molecule has 0 aromatic heterocycles. The maximum Gasteiger partial charge on any atom is 0.321 e. The summed E-state index contributed by atoms with van der Waals surface area (Å²) in [5.41, 5.74) is 2.34. The Kier molecular flexibility index (Phi) is 7.08. The van der Waals surface area contributed by atoms with Crippen LogP contribution >= 0.6 is 11.6 Å². The van der Waals surface area contributed by atoms with Crippen LogP contribution in [0.25, 0.3) is 0 Å². The fourth-order valence-corrected chi connectivity index (χ4v) is 2.97. The third-order valence-electron chi connectivity index (χ3n) is 4.49. The van der Waals surface area contributed by atoms with Crippen LogP contribution in [0.15, 0.2) is 18.2 Å². The molecule has 6 nitrogen and oxygen atoms in total. The molecule has 1 saturated heterocycles. The van der Waals surface area contributed by atoms with Gasteiger partial charge in [-0.2, -0.15) is 0 Å². The first-order valence-corrected chi connectivity index (χ1v) is 9.10. The highest BCUT2D eigenvalue weighted by Crippen LogP contribution is 2.25. The molecule has 25 heavy (non-hydrogen) atoms. The van der Waals surface area contributed by atoms with Crippen molar-refractivity contribution in [2.75, 3.05) is 37.6 Å². The minimum atomic E-state index is -0.424. The summed E-state index contributed by atoms with van der Waals surface area (Å²) >= 11 is 6.10. The van der Waals surface area contributed by atoms with E-state index in [2.05, 4.69) is 27.4 Å². The fraction of sp³-hybridized carbons (Fsp3) is 0.556. The van der Waals surface area contributed by atoms with Crippen LogP contribution in [0.1, 0.15) is 25.8 Å². The van der Waals surface area contributed by atoms with Gasteiger partial charge < -0.3 is 10.2 Å². The average molecular weight is 367 g/mol. The number of piperazine rings is 1. The van der Waals surface area contributed by atoms with Gasteiger partial charge in [0.25, 0.3) is 0 Å². The number of anilines is 1. The van der Waals surface area contributed by atoms with Crippen LogP contribution < -0.4 is 15.5 Å². The predicted octanol–water partition coefficient (Wildman–Crippen LogP) is 2.39. The Labute approximate surface area is 154 Å². The van der Waals surface area contributed by atoms with Crippen molar-refractivity contribution in [2.45, 2.75) is 33.2 Å². The third kappa shape index (κ3) is 5.90. The smallest absolute Gasteiger partial charge is 0.321 e. The lowest BCUT2D eigenvalue weighted by Crippen LogP contribution is -2.51. The number of carbonyl (C=O) groups is 2. The molecule has 1 heterocycles. The van der Waals surface area contributed by atoms with E-state index in [-0.39, 0.29) is 18.5 Å². The van der Waals surface area contributed by atoms with Crippen molar-refractivity contribution in [1.82, 2.24) is 15.5 Å². The van der Waals surface area contributed by atoms with Gasteiger partial charge in [0.1, 0.15) is 0 Å². The highest BCUT2D eigenvalue weighted by atomic mass is 35.5. The van der Waals surface area contributed by atoms with Gasteiger partial charge in [0, 0.05) is 42.9 Å². The Hall–Kier alpha value is -1.79. The van der Waals surface area contributed by atoms with E-state index in [4.69, 9.17) is 11.6 Å². The van der Waals surface area contributed by atoms with E-state index in [0.717, 1.165) is 43.3 Å². The molecule has 0 spiro atoms. The topological polar surface area (TPSA) is 64.7 Å². The summed E-state index contributed by atoms with van der Waals surface area (Å²) in [4.78, 5) is 28.0. The summed E-state index contributed by atoms with van der Waals surface area (Å²) < 4.78 is 0. The van der Waals surface area contributed by atoms with Gasteiger partial charge in [0.15, 0.2) is 0 Å². The molecule has 1 atom stereocenters. The number of carbonyl (C=O) groups excluding carboxylic acids is 2. The van der Waals surface area contributed by atoms with Crippen LogP contribution in [0.5, 0.6) is 0 Å². The van der Waals surface area contributed by atoms with Gasteiger partial charge in [-0.15, -0.1) is 0 Å². The molecule has 1 fully saturated rings. The van der Waals surface area contributed by atoms with Crippen molar-refractivity contribution in [3.63, 3.8) is 0 Å². The summed E-state index contributed by atoms with van der Waals surface area (Å²) in [6.45, 7) is 9.38. The van der Waals surface area contributed by atoms with Gasteiger partial charge in [-0.05, 0) is 38.0 Å². The van der Waals surface area contributed by atoms with Crippen LogP contribution in [-0.2, 0) is 4.79 Å². The monoisotopic (exact) mass is 366 g/mol. The minimum Gasteiger partial charge on any atom is -0.369 e. The summed E-state index contributed by atoms with van der Waals surface area (Å²) in [7, 11) is 0. The number of benzene rings is 1. The maximum absolute atomic E-state index is 12.0. The van der Waals surface area contributed by atoms with Crippen LogP contribution in [-0.4, -0.2) is 55.6 Å². The normalized spacial score (nSPS) is 16.4. The standard InChI is InChI=1S/C18H27ClN4O2/c1-4-14(3)20-18(25)21-17(24)12-22-7-9-23(10-8-22)16-11-15(19)6-5-13(16)2/h5-6,11,14H,4,7-10,12H2,1-3H3,(H2,20,21,24,25)/t14-/m0/s1. The van der Waals surface area contributed by atoms with Crippen LogP contribution in [0.4, 0.5) is 10.5 Å². The molecule has 1 aromatic rings. The molecular weight excluding hydrogens is 340 g/mol. The van der Waals surface area contributed by atoms with Gasteiger partial charge in [0.05, 0.1) is 6.54 Å². The van der Waals surface area contributed by atoms with E-state index in [1.54, 1.807) is 0 Å². The molecule has 138 valence electrons. The lowest BCUT2D eigenvalue weighted by atomic mass is 10.1. The number of aryl methyl sites for hydroxylation is 1. The number of nitrogens with zero attached hydrogens (tertiary/aromatic N) is 2. The molecule has 0 aliphatic carbocycles. The summed E-state index contributed by atoms with van der Waals surface area (Å²) in [5, 5.41) is 5.85. The lowest BCUT2D eigenvalue weighted by molar-refractivity contribution is -0.121. The van der Waals surface area contributed by atoms with Crippen molar-refractivity contribution in [3.8, 4) is 0 Å². The van der Waals surface area contributed by atoms with Gasteiger partial charge in [-0.3, -0.25) is 15.0 Å². The molecule has 7 heteroatoms. The van der Waals surface area contributed by atoms with E-state index in [1.165, 1.54) is 5.56 Å². The van der Waals surface area contributed by atoms with E-state index in [1.807, 2.05) is 32.0 Å². The summed E-state index contributed by atoms with van der Waals surface area (Å²) in [6, 6.07) is 5.53. The Morgan fingerprint density at radius 2 is 1.92 bits per heavy atom. The fourth-order valence-electron chi connectivity index (χ4n) is 2.80. The second-order valence-corrected chi connectivity index (χ2v) is 6.96. The molecule has 0 unspecified atom stereocenters. The van der Waals surface area contributed by atoms with E-state index in [9.17, 15) is 9.59 Å². The third-order valence-corrected chi connectivity index (χ3v) is 4.73. The van der Waals surface area contributed by atoms with Gasteiger partial charge in [0.2, 0.25) is 5.91 Å². The second-order valence-electron chi connectivity index (χ2n) is 6.52. The molecule has 1 aliphatic rings. The maximum atomic E-state index is 12.0. The van der Waals surface area contributed by atoms with Crippen molar-refractivity contribution in [2.24, 2.45) is 0 Å². The first kappa shape index (κ1) is 19.5. The minimum absolute atomic E-state index is 0.0530. The molecule has 1 aromatic carbocycles. The quantitative estimate of drug-likeness (QED) is 0.839. The molecule has 3 amide bonds. The molecule has 0 saturated carbocycles. The highest BCUT2D eigenvalue weighted by Gasteiger charge is 2.21. The van der Waals surface area contributed by atoms with E-state index >= 15 is 0 Å². The molecule has 1 aliphatic heterocycles. The first-order chi connectivity index (χ1) is 11.9. The SMILES string of the molecule is CC[C@H](C)NC(=O)NC(=O)CN1CCN(c2cc(Cl)ccc2C)CC1. The zero-order chi connectivity index (χ0) is 18.4. The number of hydrogen-bond donors (Lipinski definition) is 2. The summed E-state index contributed by atoms with van der Waals surface area (Å²) in [5.74, 6) is -0.270. The van der Waals surface area contributed by atoms with Crippen molar-refractivity contribution >= 4 is 29.2 Å². The van der Waals surface area contributed by atoms with E-state index < -0.39 is 6.03 Å². The summed E-state index contributed by atoms with van der Waals surface area (Å²) in [6.07, 6.45) is 0.826. The molecular formula is C18H27ClN4O2. The van der Waals surface area contributed by atoms with Crippen LogP contribution in [0.3, 0.4) is 0 Å². The predicted molar refractivity (Wildman–Crippen MR) is 101 cm³/mol. The second kappa shape index (κ2) is 9.06. The number of urea groups is 1. The zero-order valence-corrected chi connectivity index (χ0v) is 15.9. The van der Waals surface area contributed by atoms with Crippen molar-refractivity contribution in [1.29, 1.82) is 0 Å². The van der Waals surface area contributed by atoms with Crippen molar-refractivity contribution < 1.29 is 9.59 Å². The molecule has 2 rings (SSSR count). The number of halogens is 1. The molecule has 2 N–H and O–H groups in total. The Morgan fingerprint density at radius 3 is 2.56 bits per heavy atom. The van der Waals surface area contributed by atoms with Gasteiger partial charge >= 0.3 is 6.03 Å². The Morgan fingerprint density at radius 1 is 1.24 bits per heavy atom. The van der Waals surface area contributed by atoms with Gasteiger partial charge in [-0.1, -0.05) is 24.6 Å². The highest BCUT2D eigenvalue weighted by molar-refractivity contribution is 6.30. The number of nitrogens with one attached hydrogen (secondary N) is 2. The molecule has 0 radical (unpaired) electrons.